The second-order valence-corrected chi connectivity index (χ2v) is 9.24. The summed E-state index contributed by atoms with van der Waals surface area (Å²) in [6.45, 7) is 0.194. The lowest BCUT2D eigenvalue weighted by Gasteiger charge is -2.21. The topological polar surface area (TPSA) is 55.4 Å². The molecule has 7 heteroatoms. The molecule has 0 spiro atoms. The van der Waals surface area contributed by atoms with Gasteiger partial charge in [0.1, 0.15) is 0 Å². The molecule has 132 valence electrons. The van der Waals surface area contributed by atoms with Gasteiger partial charge >= 0.3 is 5.97 Å². The Bertz CT molecular complexity index is 695. The molecule has 0 unspecified atom stereocenters. The zero-order valence-electron chi connectivity index (χ0n) is 13.6. The summed E-state index contributed by atoms with van der Waals surface area (Å²) in [5.74, 6) is 1.60. The van der Waals surface area contributed by atoms with E-state index in [-0.39, 0.29) is 12.5 Å². The Kier molecular flexibility index (Phi) is 6.84. The Morgan fingerprint density at radius 3 is 2.56 bits per heavy atom. The van der Waals surface area contributed by atoms with E-state index in [1.54, 1.807) is 23.5 Å². The minimum absolute atomic E-state index is 0.264. The Hall–Kier alpha value is -1.44. The minimum Gasteiger partial charge on any atom is -0.452 e. The van der Waals surface area contributed by atoms with Crippen molar-refractivity contribution >= 4 is 46.7 Å². The van der Waals surface area contributed by atoms with Crippen molar-refractivity contribution in [2.45, 2.75) is 17.5 Å². The number of carbonyl (C=O) groups is 2. The van der Waals surface area contributed by atoms with E-state index < -0.39 is 5.97 Å². The fourth-order valence-corrected chi connectivity index (χ4v) is 5.86. The van der Waals surface area contributed by atoms with Crippen LogP contribution in [0.3, 0.4) is 0 Å². The smallest absolute Gasteiger partial charge is 0.338 e. The Morgan fingerprint density at radius 1 is 1.12 bits per heavy atom. The molecule has 1 aromatic heterocycles. The third-order valence-electron chi connectivity index (χ3n) is 3.62. The van der Waals surface area contributed by atoms with Gasteiger partial charge in [-0.15, -0.1) is 34.9 Å². The number of esters is 1. The number of hydrogen-bond acceptors (Lipinski definition) is 6. The summed E-state index contributed by atoms with van der Waals surface area (Å²) < 4.78 is 5.53. The van der Waals surface area contributed by atoms with E-state index >= 15 is 0 Å². The fraction of sp³-hybridized carbons (Fsp3) is 0.333. The Morgan fingerprint density at radius 2 is 1.88 bits per heavy atom. The van der Waals surface area contributed by atoms with Gasteiger partial charge in [-0.25, -0.2) is 4.79 Å². The molecule has 0 atom stereocenters. The molecule has 4 nitrogen and oxygen atoms in total. The highest BCUT2D eigenvalue weighted by molar-refractivity contribution is 8.16. The molecule has 1 aliphatic rings. The normalized spacial score (nSPS) is 14.9. The van der Waals surface area contributed by atoms with Gasteiger partial charge in [-0.05, 0) is 47.1 Å². The van der Waals surface area contributed by atoms with E-state index in [1.165, 1.54) is 23.5 Å². The zero-order chi connectivity index (χ0) is 17.5. The van der Waals surface area contributed by atoms with E-state index in [0.29, 0.717) is 16.7 Å². The van der Waals surface area contributed by atoms with E-state index in [4.69, 9.17) is 4.74 Å². The van der Waals surface area contributed by atoms with Crippen LogP contribution in [0.1, 0.15) is 31.8 Å². The van der Waals surface area contributed by atoms with Crippen LogP contribution in [-0.2, 0) is 16.1 Å². The fourth-order valence-electron chi connectivity index (χ4n) is 2.32. The monoisotopic (exact) mass is 393 g/mol. The second kappa shape index (κ2) is 9.31. The van der Waals surface area contributed by atoms with Gasteiger partial charge in [0.2, 0.25) is 0 Å². The van der Waals surface area contributed by atoms with Crippen LogP contribution in [-0.4, -0.2) is 30.0 Å². The van der Waals surface area contributed by atoms with Gasteiger partial charge in [0.15, 0.2) is 6.61 Å². The predicted octanol–water partition coefficient (Wildman–Crippen LogP) is 4.09. The van der Waals surface area contributed by atoms with Crippen molar-refractivity contribution in [3.63, 3.8) is 0 Å². The summed E-state index contributed by atoms with van der Waals surface area (Å²) in [5, 5.41) is 4.69. The molecule has 1 aromatic carbocycles. The molecule has 2 heterocycles. The first-order valence-corrected chi connectivity index (χ1v) is 11.0. The van der Waals surface area contributed by atoms with Gasteiger partial charge in [0.05, 0.1) is 16.7 Å². The number of benzene rings is 1. The maximum atomic E-state index is 12.1. The number of carbonyl (C=O) groups excluding carboxylic acids is 2. The molecule has 1 aliphatic heterocycles. The Balaban J connectivity index is 1.45. The summed E-state index contributed by atoms with van der Waals surface area (Å²) in [6.07, 6.45) is 1.25. The Labute approximate surface area is 159 Å². The van der Waals surface area contributed by atoms with Gasteiger partial charge < -0.3 is 10.1 Å². The average Bonchev–Trinajstić information content (AvgIpc) is 3.19. The molecule has 1 fully saturated rings. The number of rotatable bonds is 6. The van der Waals surface area contributed by atoms with Crippen LogP contribution >= 0.6 is 34.9 Å². The quantitative estimate of drug-likeness (QED) is 0.749. The lowest BCUT2D eigenvalue weighted by Crippen LogP contribution is -2.28. The van der Waals surface area contributed by atoms with Gasteiger partial charge in [0.25, 0.3) is 5.91 Å². The van der Waals surface area contributed by atoms with Gasteiger partial charge in [-0.2, -0.15) is 0 Å². The molecule has 2 aromatic rings. The summed E-state index contributed by atoms with van der Waals surface area (Å²) in [6, 6.07) is 11.4. The van der Waals surface area contributed by atoms with Crippen molar-refractivity contribution in [2.24, 2.45) is 0 Å². The van der Waals surface area contributed by atoms with Crippen molar-refractivity contribution in [3.05, 3.63) is 57.8 Å². The zero-order valence-corrected chi connectivity index (χ0v) is 16.1. The number of hydrogen-bond donors (Lipinski definition) is 1. The first-order valence-electron chi connectivity index (χ1n) is 8.02. The van der Waals surface area contributed by atoms with Crippen LogP contribution in [0.4, 0.5) is 0 Å². The molecule has 0 bridgehead atoms. The first kappa shape index (κ1) is 18.4. The predicted molar refractivity (Wildman–Crippen MR) is 105 cm³/mol. The van der Waals surface area contributed by atoms with Crippen LogP contribution in [0.15, 0.2) is 41.8 Å². The maximum Gasteiger partial charge on any atom is 0.338 e. The number of nitrogens with one attached hydrogen (secondary N) is 1. The lowest BCUT2D eigenvalue weighted by molar-refractivity contribution is -0.124. The SMILES string of the molecule is O=C(COC(=O)c1ccc(C2SCCCS2)cc1)NCc1cccs1. The second-order valence-electron chi connectivity index (χ2n) is 5.48. The van der Waals surface area contributed by atoms with Gasteiger partial charge in [0, 0.05) is 4.88 Å². The average molecular weight is 394 g/mol. The van der Waals surface area contributed by atoms with Crippen LogP contribution < -0.4 is 5.32 Å². The molecule has 1 amide bonds. The summed E-state index contributed by atoms with van der Waals surface area (Å²) in [5.41, 5.74) is 1.69. The van der Waals surface area contributed by atoms with Gasteiger partial charge in [-0.3, -0.25) is 4.79 Å². The third kappa shape index (κ3) is 5.52. The molecule has 0 saturated carbocycles. The molecular formula is C18H19NO3S3. The van der Waals surface area contributed by atoms with E-state index in [1.807, 2.05) is 53.2 Å². The molecule has 1 N–H and O–H groups in total. The highest BCUT2D eigenvalue weighted by atomic mass is 32.2. The van der Waals surface area contributed by atoms with Crippen molar-refractivity contribution in [2.75, 3.05) is 18.1 Å². The number of ether oxygens (including phenoxy) is 1. The largest absolute Gasteiger partial charge is 0.452 e. The molecular weight excluding hydrogens is 374 g/mol. The van der Waals surface area contributed by atoms with Crippen molar-refractivity contribution in [1.82, 2.24) is 5.32 Å². The molecule has 1 saturated heterocycles. The minimum atomic E-state index is -0.471. The summed E-state index contributed by atoms with van der Waals surface area (Å²) in [7, 11) is 0. The highest BCUT2D eigenvalue weighted by Gasteiger charge is 2.17. The highest BCUT2D eigenvalue weighted by Crippen LogP contribution is 2.43. The summed E-state index contributed by atoms with van der Waals surface area (Å²) >= 11 is 5.46. The van der Waals surface area contributed by atoms with E-state index in [0.717, 1.165) is 4.88 Å². The van der Waals surface area contributed by atoms with Crippen LogP contribution in [0.2, 0.25) is 0 Å². The number of amides is 1. The maximum absolute atomic E-state index is 12.1. The van der Waals surface area contributed by atoms with Crippen molar-refractivity contribution in [3.8, 4) is 0 Å². The third-order valence-corrected chi connectivity index (χ3v) is 7.51. The molecule has 0 radical (unpaired) electrons. The standard InChI is InChI=1S/C18H19NO3S3/c20-16(19-11-15-3-1-8-23-15)12-22-17(21)13-4-6-14(7-5-13)18-24-9-2-10-25-18/h1,3-8,18H,2,9-12H2,(H,19,20). The molecule has 25 heavy (non-hydrogen) atoms. The lowest BCUT2D eigenvalue weighted by atomic mass is 10.1. The van der Waals surface area contributed by atoms with Crippen molar-refractivity contribution < 1.29 is 14.3 Å². The number of thiophene rings is 1. The van der Waals surface area contributed by atoms with E-state index in [9.17, 15) is 9.59 Å². The number of thioether (sulfide) groups is 2. The van der Waals surface area contributed by atoms with Crippen LogP contribution in [0.25, 0.3) is 0 Å². The molecule has 0 aliphatic carbocycles. The first-order chi connectivity index (χ1) is 12.2. The molecule has 3 rings (SSSR count). The van der Waals surface area contributed by atoms with Crippen molar-refractivity contribution in [1.29, 1.82) is 0 Å². The van der Waals surface area contributed by atoms with Gasteiger partial charge in [-0.1, -0.05) is 18.2 Å². The van der Waals surface area contributed by atoms with Crippen LogP contribution in [0.5, 0.6) is 0 Å². The summed E-state index contributed by atoms with van der Waals surface area (Å²) in [4.78, 5) is 24.9. The van der Waals surface area contributed by atoms with Crippen LogP contribution in [0, 0.1) is 0 Å². The van der Waals surface area contributed by atoms with E-state index in [2.05, 4.69) is 5.32 Å².